The predicted molar refractivity (Wildman–Crippen MR) is 120 cm³/mol. The summed E-state index contributed by atoms with van der Waals surface area (Å²) in [5.41, 5.74) is 3.95. The molecule has 7 nitrogen and oxygen atoms in total. The highest BCUT2D eigenvalue weighted by molar-refractivity contribution is 5.95. The minimum Gasteiger partial charge on any atom is -0.324 e. The molecule has 3 aromatic rings. The molecule has 3 heterocycles. The van der Waals surface area contributed by atoms with Gasteiger partial charge in [-0.05, 0) is 24.5 Å². The maximum absolute atomic E-state index is 12.8. The van der Waals surface area contributed by atoms with Gasteiger partial charge in [-0.1, -0.05) is 48.5 Å². The summed E-state index contributed by atoms with van der Waals surface area (Å²) in [6.45, 7) is 3.60. The van der Waals surface area contributed by atoms with E-state index in [0.29, 0.717) is 25.5 Å². The normalized spacial score (nSPS) is 16.9. The Morgan fingerprint density at radius 2 is 1.74 bits per heavy atom. The second-order valence-corrected chi connectivity index (χ2v) is 8.35. The number of anilines is 2. The molecule has 31 heavy (non-hydrogen) atoms. The fourth-order valence-electron chi connectivity index (χ4n) is 4.81. The topological polar surface area (TPSA) is 81.3 Å². The highest BCUT2D eigenvalue weighted by Gasteiger charge is 2.46. The standard InChI is InChI=1S/C24H25N5O2/c1-17(30)29-16-24(19-9-5-6-10-21(19)29)11-13-28(14-12-24)23(31)25-22-15-20(26-27-22)18-7-3-2-4-8-18/h2-10,15H,11-14,16H2,1H3,(H2,25,26,27,31). The van der Waals surface area contributed by atoms with Gasteiger partial charge in [0.1, 0.15) is 5.82 Å². The molecule has 1 spiro atoms. The van der Waals surface area contributed by atoms with E-state index in [1.165, 1.54) is 5.56 Å². The molecular weight excluding hydrogens is 390 g/mol. The molecule has 2 aliphatic rings. The minimum atomic E-state index is -0.132. The van der Waals surface area contributed by atoms with Crippen LogP contribution in [0.4, 0.5) is 16.3 Å². The van der Waals surface area contributed by atoms with Gasteiger partial charge in [0.05, 0.1) is 5.69 Å². The van der Waals surface area contributed by atoms with Crippen LogP contribution >= 0.6 is 0 Å². The van der Waals surface area contributed by atoms with Crippen LogP contribution < -0.4 is 10.2 Å². The smallest absolute Gasteiger partial charge is 0.322 e. The zero-order chi connectivity index (χ0) is 21.4. The lowest BCUT2D eigenvalue weighted by atomic mass is 9.74. The van der Waals surface area contributed by atoms with Gasteiger partial charge in [-0.2, -0.15) is 5.10 Å². The Morgan fingerprint density at radius 1 is 1.03 bits per heavy atom. The summed E-state index contributed by atoms with van der Waals surface area (Å²) in [7, 11) is 0. The maximum Gasteiger partial charge on any atom is 0.322 e. The number of amides is 3. The molecule has 0 unspecified atom stereocenters. The number of aromatic nitrogens is 2. The van der Waals surface area contributed by atoms with Gasteiger partial charge in [-0.25, -0.2) is 4.79 Å². The molecule has 7 heteroatoms. The molecule has 2 N–H and O–H groups in total. The lowest BCUT2D eigenvalue weighted by Gasteiger charge is -2.39. The van der Waals surface area contributed by atoms with Crippen molar-refractivity contribution in [3.05, 3.63) is 66.2 Å². The van der Waals surface area contributed by atoms with Gasteiger partial charge in [0, 0.05) is 49.3 Å². The predicted octanol–water partition coefficient (Wildman–Crippen LogP) is 4.01. The van der Waals surface area contributed by atoms with Crippen molar-refractivity contribution < 1.29 is 9.59 Å². The minimum absolute atomic E-state index is 0.0676. The van der Waals surface area contributed by atoms with Crippen LogP contribution in [-0.4, -0.2) is 46.7 Å². The van der Waals surface area contributed by atoms with E-state index in [1.807, 2.05) is 64.4 Å². The van der Waals surface area contributed by atoms with Crippen molar-refractivity contribution in [3.63, 3.8) is 0 Å². The Hall–Kier alpha value is -3.61. The Bertz CT molecular complexity index is 1120. The van der Waals surface area contributed by atoms with E-state index in [1.54, 1.807) is 6.92 Å². The Kier molecular flexibility index (Phi) is 4.73. The van der Waals surface area contributed by atoms with Gasteiger partial charge in [0.2, 0.25) is 5.91 Å². The first-order valence-corrected chi connectivity index (χ1v) is 10.6. The number of carbonyl (C=O) groups is 2. The van der Waals surface area contributed by atoms with Crippen molar-refractivity contribution >= 4 is 23.4 Å². The van der Waals surface area contributed by atoms with Crippen molar-refractivity contribution in [2.45, 2.75) is 25.2 Å². The van der Waals surface area contributed by atoms with E-state index in [4.69, 9.17) is 0 Å². The molecular formula is C24H25N5O2. The van der Waals surface area contributed by atoms with Crippen molar-refractivity contribution in [2.75, 3.05) is 29.9 Å². The summed E-state index contributed by atoms with van der Waals surface area (Å²) >= 11 is 0. The number of para-hydroxylation sites is 1. The lowest BCUT2D eigenvalue weighted by Crippen LogP contribution is -2.48. The number of piperidine rings is 1. The zero-order valence-electron chi connectivity index (χ0n) is 17.5. The van der Waals surface area contributed by atoms with Crippen LogP contribution in [0.3, 0.4) is 0 Å². The van der Waals surface area contributed by atoms with E-state index < -0.39 is 0 Å². The van der Waals surface area contributed by atoms with Gasteiger partial charge in [0.25, 0.3) is 0 Å². The number of benzene rings is 2. The highest BCUT2D eigenvalue weighted by Crippen LogP contribution is 2.46. The first kappa shape index (κ1) is 19.4. The van der Waals surface area contributed by atoms with E-state index in [-0.39, 0.29) is 17.4 Å². The second kappa shape index (κ2) is 7.58. The van der Waals surface area contributed by atoms with Crippen LogP contribution in [-0.2, 0) is 10.2 Å². The number of rotatable bonds is 2. The van der Waals surface area contributed by atoms with Crippen LogP contribution in [0.5, 0.6) is 0 Å². The number of nitrogens with zero attached hydrogens (tertiary/aromatic N) is 3. The van der Waals surface area contributed by atoms with E-state index >= 15 is 0 Å². The van der Waals surface area contributed by atoms with E-state index in [9.17, 15) is 9.59 Å². The number of hydrogen-bond donors (Lipinski definition) is 2. The number of hydrogen-bond acceptors (Lipinski definition) is 3. The Morgan fingerprint density at radius 3 is 2.48 bits per heavy atom. The lowest BCUT2D eigenvalue weighted by molar-refractivity contribution is -0.116. The first-order valence-electron chi connectivity index (χ1n) is 10.6. The number of aromatic amines is 1. The zero-order valence-corrected chi connectivity index (χ0v) is 17.5. The van der Waals surface area contributed by atoms with Crippen LogP contribution in [0.2, 0.25) is 0 Å². The van der Waals surface area contributed by atoms with Gasteiger partial charge in [-0.15, -0.1) is 0 Å². The third kappa shape index (κ3) is 3.46. The molecule has 1 fully saturated rings. The second-order valence-electron chi connectivity index (χ2n) is 8.35. The number of urea groups is 1. The summed E-state index contributed by atoms with van der Waals surface area (Å²) in [5.74, 6) is 0.649. The van der Waals surface area contributed by atoms with Gasteiger partial charge < -0.3 is 9.80 Å². The fourth-order valence-corrected chi connectivity index (χ4v) is 4.81. The average Bonchev–Trinajstić information content (AvgIpc) is 3.39. The molecule has 0 aliphatic carbocycles. The molecule has 2 aromatic carbocycles. The monoisotopic (exact) mass is 415 g/mol. The summed E-state index contributed by atoms with van der Waals surface area (Å²) in [5, 5.41) is 10.1. The third-order valence-corrected chi connectivity index (χ3v) is 6.50. The van der Waals surface area contributed by atoms with E-state index in [0.717, 1.165) is 29.8 Å². The van der Waals surface area contributed by atoms with Crippen LogP contribution in [0.1, 0.15) is 25.3 Å². The summed E-state index contributed by atoms with van der Waals surface area (Å²) in [4.78, 5) is 28.7. The third-order valence-electron chi connectivity index (χ3n) is 6.50. The van der Waals surface area contributed by atoms with Crippen LogP contribution in [0.25, 0.3) is 11.3 Å². The molecule has 1 saturated heterocycles. The van der Waals surface area contributed by atoms with Crippen molar-refractivity contribution in [2.24, 2.45) is 0 Å². The van der Waals surface area contributed by atoms with Gasteiger partial charge in [-0.3, -0.25) is 15.2 Å². The first-order chi connectivity index (χ1) is 15.1. The number of likely N-dealkylation sites (tertiary alicyclic amines) is 1. The molecule has 5 rings (SSSR count). The Balaban J connectivity index is 1.26. The van der Waals surface area contributed by atoms with E-state index in [2.05, 4.69) is 21.6 Å². The summed E-state index contributed by atoms with van der Waals surface area (Å²) in [6.07, 6.45) is 1.67. The van der Waals surface area contributed by atoms with Crippen LogP contribution in [0, 0.1) is 0 Å². The van der Waals surface area contributed by atoms with Crippen molar-refractivity contribution in [3.8, 4) is 11.3 Å². The molecule has 3 amide bonds. The number of fused-ring (bicyclic) bond motifs is 2. The molecule has 2 aliphatic heterocycles. The summed E-state index contributed by atoms with van der Waals surface area (Å²) in [6, 6.07) is 19.7. The Labute approximate surface area is 181 Å². The van der Waals surface area contributed by atoms with Crippen molar-refractivity contribution in [1.29, 1.82) is 0 Å². The summed E-state index contributed by atoms with van der Waals surface area (Å²) < 4.78 is 0. The van der Waals surface area contributed by atoms with Gasteiger partial charge >= 0.3 is 6.03 Å². The SMILES string of the molecule is CC(=O)N1CC2(CCN(C(=O)Nc3cc(-c4ccccc4)n[nH]3)CC2)c2ccccc21. The molecule has 0 atom stereocenters. The number of carbonyl (C=O) groups excluding carboxylic acids is 2. The van der Waals surface area contributed by atoms with Crippen LogP contribution in [0.15, 0.2) is 60.7 Å². The largest absolute Gasteiger partial charge is 0.324 e. The maximum atomic E-state index is 12.8. The number of nitrogens with one attached hydrogen (secondary N) is 2. The number of H-pyrrole nitrogens is 1. The van der Waals surface area contributed by atoms with Gasteiger partial charge in [0.15, 0.2) is 0 Å². The molecule has 1 aromatic heterocycles. The molecule has 158 valence electrons. The molecule has 0 bridgehead atoms. The molecule has 0 saturated carbocycles. The fraction of sp³-hybridized carbons (Fsp3) is 0.292. The molecule has 0 radical (unpaired) electrons. The highest BCUT2D eigenvalue weighted by atomic mass is 16.2. The average molecular weight is 415 g/mol. The van der Waals surface area contributed by atoms with Crippen molar-refractivity contribution in [1.82, 2.24) is 15.1 Å². The quantitative estimate of drug-likeness (QED) is 0.664.